The van der Waals surface area contributed by atoms with Gasteiger partial charge in [0, 0.05) is 18.7 Å². The minimum Gasteiger partial charge on any atom is -0.479 e. The molecule has 0 saturated heterocycles. The van der Waals surface area contributed by atoms with E-state index in [9.17, 15) is 4.39 Å². The summed E-state index contributed by atoms with van der Waals surface area (Å²) >= 11 is 0. The zero-order valence-electron chi connectivity index (χ0n) is 18.9. The maximum absolute atomic E-state index is 14.8. The molecule has 0 saturated carbocycles. The lowest BCUT2D eigenvalue weighted by Crippen LogP contribution is -2.19. The predicted molar refractivity (Wildman–Crippen MR) is 124 cm³/mol. The van der Waals surface area contributed by atoms with Crippen LogP contribution in [0.15, 0.2) is 42.9 Å². The molecule has 0 bridgehead atoms. The van der Waals surface area contributed by atoms with Gasteiger partial charge in [0.25, 0.3) is 0 Å². The Labute approximate surface area is 191 Å². The van der Waals surface area contributed by atoms with Crippen LogP contribution in [0.25, 0.3) is 17.8 Å². The van der Waals surface area contributed by atoms with Crippen LogP contribution in [0.4, 0.5) is 4.39 Å². The Hall–Kier alpha value is -3.81. The molecule has 1 aliphatic rings. The first kappa shape index (κ1) is 21.1. The Morgan fingerprint density at radius 3 is 2.79 bits per heavy atom. The number of imidazole rings is 1. The third kappa shape index (κ3) is 4.04. The van der Waals surface area contributed by atoms with Crippen LogP contribution in [0.1, 0.15) is 52.9 Å². The quantitative estimate of drug-likeness (QED) is 0.446. The summed E-state index contributed by atoms with van der Waals surface area (Å²) in [5.74, 6) is 1.65. The van der Waals surface area contributed by atoms with Crippen molar-refractivity contribution < 1.29 is 9.13 Å². The molecule has 0 radical (unpaired) electrons. The Balaban J connectivity index is 1.42. The topological polar surface area (TPSA) is 70.7 Å². The Morgan fingerprint density at radius 2 is 2.00 bits per heavy atom. The Morgan fingerprint density at radius 1 is 1.12 bits per heavy atom. The lowest BCUT2D eigenvalue weighted by molar-refractivity contribution is 0.395. The van der Waals surface area contributed by atoms with Gasteiger partial charge in [0.05, 0.1) is 24.8 Å². The van der Waals surface area contributed by atoms with E-state index < -0.39 is 0 Å². The second kappa shape index (κ2) is 8.61. The molecule has 1 aromatic carbocycles. The van der Waals surface area contributed by atoms with Crippen molar-refractivity contribution in [3.05, 3.63) is 82.8 Å². The van der Waals surface area contributed by atoms with Gasteiger partial charge in [-0.2, -0.15) is 5.10 Å². The fourth-order valence-electron chi connectivity index (χ4n) is 4.27. The van der Waals surface area contributed by atoms with E-state index in [0.717, 1.165) is 42.3 Å². The summed E-state index contributed by atoms with van der Waals surface area (Å²) in [5.41, 5.74) is 3.80. The minimum atomic E-state index is -0.152. The zero-order chi connectivity index (χ0) is 22.9. The largest absolute Gasteiger partial charge is 0.479 e. The first-order valence-corrected chi connectivity index (χ1v) is 11.0. The standard InChI is InChI=1S/C25H25FN6O/c1-16-6-4-7-19(23(16)26)20-8-5-13-32-24(20)29-22(30-32)12-10-18-9-11-21(25(28-18)33-3)31-14-17(2)27-15-31/h4,6-7,9-12,14-15,20H,5,8,13H2,1-3H3/t20-/m0/s1. The summed E-state index contributed by atoms with van der Waals surface area (Å²) in [6.07, 6.45) is 9.13. The van der Waals surface area contributed by atoms with Crippen LogP contribution in [-0.2, 0) is 6.54 Å². The maximum atomic E-state index is 14.8. The number of methoxy groups -OCH3 is 1. The molecular formula is C25H25FN6O. The SMILES string of the molecule is COc1nc(C=Cc2nc3n(n2)CCC[C@H]3c2cccc(C)c2F)ccc1-n1cnc(C)c1. The Kier molecular flexibility index (Phi) is 5.50. The molecule has 0 unspecified atom stereocenters. The van der Waals surface area contributed by atoms with Gasteiger partial charge in [0.15, 0.2) is 5.82 Å². The summed E-state index contributed by atoms with van der Waals surface area (Å²) in [5, 5.41) is 4.63. The van der Waals surface area contributed by atoms with Gasteiger partial charge in [-0.1, -0.05) is 18.2 Å². The molecule has 5 rings (SSSR count). The van der Waals surface area contributed by atoms with E-state index in [1.165, 1.54) is 0 Å². The van der Waals surface area contributed by atoms with Gasteiger partial charge in [-0.25, -0.2) is 24.0 Å². The van der Waals surface area contributed by atoms with Crippen molar-refractivity contribution in [1.29, 1.82) is 0 Å². The number of ether oxygens (including phenoxy) is 1. The van der Waals surface area contributed by atoms with E-state index in [1.54, 1.807) is 26.4 Å². The molecule has 0 aliphatic carbocycles. The van der Waals surface area contributed by atoms with Crippen LogP contribution in [-0.4, -0.2) is 36.4 Å². The highest BCUT2D eigenvalue weighted by Crippen LogP contribution is 2.34. The lowest BCUT2D eigenvalue weighted by Gasteiger charge is -2.23. The number of aromatic nitrogens is 6. The first-order chi connectivity index (χ1) is 16.0. The average molecular weight is 445 g/mol. The van der Waals surface area contributed by atoms with Crippen molar-refractivity contribution in [1.82, 2.24) is 29.3 Å². The smallest absolute Gasteiger partial charge is 0.238 e. The Bertz CT molecular complexity index is 1340. The molecule has 168 valence electrons. The number of benzene rings is 1. The summed E-state index contributed by atoms with van der Waals surface area (Å²) < 4.78 is 24.1. The zero-order valence-corrected chi connectivity index (χ0v) is 18.9. The number of nitrogens with zero attached hydrogens (tertiary/aromatic N) is 6. The van der Waals surface area contributed by atoms with E-state index in [2.05, 4.69) is 15.1 Å². The third-order valence-corrected chi connectivity index (χ3v) is 5.94. The van der Waals surface area contributed by atoms with Crippen molar-refractivity contribution in [3.8, 4) is 11.6 Å². The minimum absolute atomic E-state index is 0.0931. The predicted octanol–water partition coefficient (Wildman–Crippen LogP) is 4.72. The molecule has 1 aliphatic heterocycles. The van der Waals surface area contributed by atoms with Crippen molar-refractivity contribution >= 4 is 12.2 Å². The molecule has 0 N–H and O–H groups in total. The highest BCUT2D eigenvalue weighted by Gasteiger charge is 2.27. The molecule has 8 heteroatoms. The molecule has 4 aromatic rings. The van der Waals surface area contributed by atoms with E-state index in [0.29, 0.717) is 22.8 Å². The number of rotatable bonds is 5. The van der Waals surface area contributed by atoms with E-state index in [-0.39, 0.29) is 11.7 Å². The van der Waals surface area contributed by atoms with Crippen molar-refractivity contribution in [2.45, 2.75) is 39.2 Å². The number of pyridine rings is 1. The molecule has 0 amide bonds. The summed E-state index contributed by atoms with van der Waals surface area (Å²) in [6, 6.07) is 9.39. The van der Waals surface area contributed by atoms with Gasteiger partial charge in [0.1, 0.15) is 17.3 Å². The van der Waals surface area contributed by atoms with Gasteiger partial charge < -0.3 is 9.30 Å². The summed E-state index contributed by atoms with van der Waals surface area (Å²) in [7, 11) is 1.60. The number of hydrogen-bond acceptors (Lipinski definition) is 5. The number of aryl methyl sites for hydroxylation is 3. The van der Waals surface area contributed by atoms with E-state index in [1.807, 2.05) is 58.8 Å². The van der Waals surface area contributed by atoms with E-state index >= 15 is 0 Å². The average Bonchev–Trinajstić information content (AvgIpc) is 3.45. The second-order valence-electron chi connectivity index (χ2n) is 8.24. The van der Waals surface area contributed by atoms with Gasteiger partial charge in [-0.05, 0) is 62.1 Å². The van der Waals surface area contributed by atoms with Crippen LogP contribution in [0, 0.1) is 19.7 Å². The van der Waals surface area contributed by atoms with Crippen LogP contribution in [0.3, 0.4) is 0 Å². The number of fused-ring (bicyclic) bond motifs is 1. The number of halogens is 1. The molecule has 4 heterocycles. The molecule has 0 spiro atoms. The van der Waals surface area contributed by atoms with Crippen LogP contribution < -0.4 is 4.74 Å². The lowest BCUT2D eigenvalue weighted by atomic mass is 9.90. The van der Waals surface area contributed by atoms with Gasteiger partial charge in [-0.3, -0.25) is 0 Å². The van der Waals surface area contributed by atoms with Crippen molar-refractivity contribution in [2.24, 2.45) is 0 Å². The molecular weight excluding hydrogens is 419 g/mol. The van der Waals surface area contributed by atoms with Crippen LogP contribution in [0.5, 0.6) is 5.88 Å². The highest BCUT2D eigenvalue weighted by atomic mass is 19.1. The number of hydrogen-bond donors (Lipinski definition) is 0. The molecule has 7 nitrogen and oxygen atoms in total. The molecule has 33 heavy (non-hydrogen) atoms. The molecule has 1 atom stereocenters. The molecule has 3 aromatic heterocycles. The molecule has 0 fully saturated rings. The van der Waals surface area contributed by atoms with Crippen LogP contribution in [0.2, 0.25) is 0 Å². The monoisotopic (exact) mass is 444 g/mol. The fourth-order valence-corrected chi connectivity index (χ4v) is 4.27. The summed E-state index contributed by atoms with van der Waals surface area (Å²) in [4.78, 5) is 13.6. The van der Waals surface area contributed by atoms with Gasteiger partial charge in [-0.15, -0.1) is 0 Å². The first-order valence-electron chi connectivity index (χ1n) is 11.0. The third-order valence-electron chi connectivity index (χ3n) is 5.94. The highest BCUT2D eigenvalue weighted by molar-refractivity contribution is 5.65. The van der Waals surface area contributed by atoms with Gasteiger partial charge in [0.2, 0.25) is 5.88 Å². The maximum Gasteiger partial charge on any atom is 0.238 e. The normalized spacial score (nSPS) is 15.7. The fraction of sp³-hybridized carbons (Fsp3) is 0.280. The second-order valence-corrected chi connectivity index (χ2v) is 8.24. The summed E-state index contributed by atoms with van der Waals surface area (Å²) in [6.45, 7) is 4.51. The van der Waals surface area contributed by atoms with Crippen LogP contribution >= 0.6 is 0 Å². The van der Waals surface area contributed by atoms with Crippen molar-refractivity contribution in [2.75, 3.05) is 7.11 Å². The van der Waals surface area contributed by atoms with Crippen molar-refractivity contribution in [3.63, 3.8) is 0 Å². The van der Waals surface area contributed by atoms with Gasteiger partial charge >= 0.3 is 0 Å². The van der Waals surface area contributed by atoms with E-state index in [4.69, 9.17) is 9.72 Å².